The molecule has 1 aromatic carbocycles. The molecule has 0 saturated heterocycles. The van der Waals surface area contributed by atoms with Gasteiger partial charge in [-0.1, -0.05) is 32.9 Å². The van der Waals surface area contributed by atoms with Crippen molar-refractivity contribution in [2.75, 3.05) is 0 Å². The van der Waals surface area contributed by atoms with E-state index in [1.165, 1.54) is 6.07 Å². The third-order valence-corrected chi connectivity index (χ3v) is 4.78. The number of halogens is 1. The Bertz CT molecular complexity index is 643. The van der Waals surface area contributed by atoms with Gasteiger partial charge in [-0.25, -0.2) is 4.39 Å². The number of para-hydroxylation sites is 1. The second kappa shape index (κ2) is 4.32. The van der Waals surface area contributed by atoms with Crippen molar-refractivity contribution in [2.24, 2.45) is 11.3 Å². The molecule has 2 unspecified atom stereocenters. The first kappa shape index (κ1) is 13.6. The summed E-state index contributed by atoms with van der Waals surface area (Å²) in [4.78, 5) is 0. The molecule has 0 spiro atoms. The quantitative estimate of drug-likeness (QED) is 0.825. The number of aliphatic hydroxyl groups is 1. The van der Waals surface area contributed by atoms with Gasteiger partial charge in [-0.05, 0) is 42.7 Å². The summed E-state index contributed by atoms with van der Waals surface area (Å²) in [7, 11) is 0. The van der Waals surface area contributed by atoms with Gasteiger partial charge in [0.15, 0.2) is 11.4 Å². The molecular weight excluding hydrogens is 255 g/mol. The number of rotatable bonds is 1. The van der Waals surface area contributed by atoms with E-state index in [4.69, 9.17) is 4.42 Å². The van der Waals surface area contributed by atoms with Gasteiger partial charge in [0.25, 0.3) is 0 Å². The van der Waals surface area contributed by atoms with E-state index >= 15 is 0 Å². The molecule has 1 fully saturated rings. The molecule has 108 valence electrons. The largest absolute Gasteiger partial charge is 0.455 e. The van der Waals surface area contributed by atoms with Crippen LogP contribution in [0.15, 0.2) is 28.7 Å². The zero-order chi connectivity index (χ0) is 14.5. The van der Waals surface area contributed by atoms with E-state index < -0.39 is 5.60 Å². The maximum Gasteiger partial charge on any atom is 0.170 e. The SMILES string of the molecule is CC1CC(C)(C)CCC1(O)c1cc2cccc(F)c2o1. The number of benzene rings is 1. The summed E-state index contributed by atoms with van der Waals surface area (Å²) in [5, 5.41) is 11.7. The van der Waals surface area contributed by atoms with Gasteiger partial charge in [0.2, 0.25) is 0 Å². The van der Waals surface area contributed by atoms with Crippen molar-refractivity contribution < 1.29 is 13.9 Å². The number of fused-ring (bicyclic) bond motifs is 1. The molecule has 0 radical (unpaired) electrons. The number of hydrogen-bond acceptors (Lipinski definition) is 2. The van der Waals surface area contributed by atoms with Gasteiger partial charge < -0.3 is 9.52 Å². The molecule has 2 atom stereocenters. The second-order valence-electron chi connectivity index (χ2n) is 6.96. The van der Waals surface area contributed by atoms with Crippen molar-refractivity contribution in [2.45, 2.75) is 45.6 Å². The minimum absolute atomic E-state index is 0.0925. The molecule has 0 aliphatic heterocycles. The van der Waals surface area contributed by atoms with Crippen molar-refractivity contribution in [1.82, 2.24) is 0 Å². The van der Waals surface area contributed by atoms with Gasteiger partial charge >= 0.3 is 0 Å². The topological polar surface area (TPSA) is 33.4 Å². The molecule has 1 N–H and O–H groups in total. The van der Waals surface area contributed by atoms with Crippen LogP contribution in [0.5, 0.6) is 0 Å². The fourth-order valence-electron chi connectivity index (χ4n) is 3.48. The lowest BCUT2D eigenvalue weighted by Gasteiger charge is -2.44. The van der Waals surface area contributed by atoms with Crippen LogP contribution in [0.2, 0.25) is 0 Å². The predicted octanol–water partition coefficient (Wildman–Crippen LogP) is 4.61. The van der Waals surface area contributed by atoms with Crippen molar-refractivity contribution in [3.05, 3.63) is 35.8 Å². The molecule has 2 nitrogen and oxygen atoms in total. The summed E-state index contributed by atoms with van der Waals surface area (Å²) in [6.07, 6.45) is 2.53. The molecule has 3 rings (SSSR count). The highest BCUT2D eigenvalue weighted by Crippen LogP contribution is 2.49. The van der Waals surface area contributed by atoms with E-state index in [1.54, 1.807) is 12.1 Å². The van der Waals surface area contributed by atoms with Crippen molar-refractivity contribution in [3.63, 3.8) is 0 Å². The second-order valence-corrected chi connectivity index (χ2v) is 6.96. The summed E-state index contributed by atoms with van der Waals surface area (Å²) in [6, 6.07) is 6.64. The molecule has 1 saturated carbocycles. The Kier molecular flexibility index (Phi) is 2.94. The van der Waals surface area contributed by atoms with Crippen LogP contribution in [0, 0.1) is 17.2 Å². The lowest BCUT2D eigenvalue weighted by Crippen LogP contribution is -2.41. The van der Waals surface area contributed by atoms with Gasteiger partial charge in [-0.3, -0.25) is 0 Å². The Morgan fingerprint density at radius 2 is 2.05 bits per heavy atom. The molecule has 3 heteroatoms. The van der Waals surface area contributed by atoms with Crippen LogP contribution >= 0.6 is 0 Å². The summed E-state index contributed by atoms with van der Waals surface area (Å²) in [5.74, 6) is 0.219. The van der Waals surface area contributed by atoms with Crippen molar-refractivity contribution in [3.8, 4) is 0 Å². The molecule has 0 bridgehead atoms. The minimum Gasteiger partial charge on any atom is -0.455 e. The molecule has 20 heavy (non-hydrogen) atoms. The molecular formula is C17H21FO2. The highest BCUT2D eigenvalue weighted by atomic mass is 19.1. The van der Waals surface area contributed by atoms with Crippen LogP contribution in [0.25, 0.3) is 11.0 Å². The highest BCUT2D eigenvalue weighted by Gasteiger charge is 2.45. The van der Waals surface area contributed by atoms with Gasteiger partial charge in [-0.2, -0.15) is 0 Å². The molecule has 2 aromatic rings. The van der Waals surface area contributed by atoms with Crippen molar-refractivity contribution in [1.29, 1.82) is 0 Å². The van der Waals surface area contributed by atoms with E-state index in [0.717, 1.165) is 12.8 Å². The maximum absolute atomic E-state index is 13.7. The van der Waals surface area contributed by atoms with E-state index in [-0.39, 0.29) is 22.7 Å². The van der Waals surface area contributed by atoms with Gasteiger partial charge in [0.05, 0.1) is 0 Å². The zero-order valence-electron chi connectivity index (χ0n) is 12.2. The van der Waals surface area contributed by atoms with Crippen LogP contribution in [0.3, 0.4) is 0 Å². The lowest BCUT2D eigenvalue weighted by molar-refractivity contribution is -0.0902. The molecule has 0 amide bonds. The van der Waals surface area contributed by atoms with Gasteiger partial charge in [-0.15, -0.1) is 0 Å². The average Bonchev–Trinajstić information content (AvgIpc) is 2.80. The Morgan fingerprint density at radius 3 is 2.70 bits per heavy atom. The molecule has 1 aliphatic rings. The number of hydrogen-bond donors (Lipinski definition) is 1. The van der Waals surface area contributed by atoms with Crippen molar-refractivity contribution >= 4 is 11.0 Å². The van der Waals surface area contributed by atoms with Crippen LogP contribution in [0.4, 0.5) is 4.39 Å². The molecule has 1 aromatic heterocycles. The van der Waals surface area contributed by atoms with Crippen LogP contribution in [0.1, 0.15) is 45.8 Å². The predicted molar refractivity (Wildman–Crippen MR) is 76.9 cm³/mol. The Labute approximate surface area is 118 Å². The smallest absolute Gasteiger partial charge is 0.170 e. The summed E-state index contributed by atoms with van der Waals surface area (Å²) >= 11 is 0. The summed E-state index contributed by atoms with van der Waals surface area (Å²) < 4.78 is 19.4. The summed E-state index contributed by atoms with van der Waals surface area (Å²) in [5.41, 5.74) is -0.503. The summed E-state index contributed by atoms with van der Waals surface area (Å²) in [6.45, 7) is 6.49. The first-order valence-electron chi connectivity index (χ1n) is 7.23. The normalized spacial score (nSPS) is 29.8. The van der Waals surface area contributed by atoms with Gasteiger partial charge in [0.1, 0.15) is 11.4 Å². The molecule has 1 heterocycles. The first-order valence-corrected chi connectivity index (χ1v) is 7.23. The van der Waals surface area contributed by atoms with E-state index in [0.29, 0.717) is 17.6 Å². The van der Waals surface area contributed by atoms with Crippen LogP contribution < -0.4 is 0 Å². The standard InChI is InChI=1S/C17H21FO2/c1-11-10-16(2,3)7-8-17(11,19)14-9-12-5-4-6-13(18)15(12)20-14/h4-6,9,11,19H,7-8,10H2,1-3H3. The fourth-order valence-corrected chi connectivity index (χ4v) is 3.48. The highest BCUT2D eigenvalue weighted by molar-refractivity contribution is 5.78. The average molecular weight is 276 g/mol. The Morgan fingerprint density at radius 1 is 1.30 bits per heavy atom. The third kappa shape index (κ3) is 2.05. The van der Waals surface area contributed by atoms with Crippen LogP contribution in [-0.2, 0) is 5.60 Å². The zero-order valence-corrected chi connectivity index (χ0v) is 12.2. The maximum atomic E-state index is 13.7. The number of furan rings is 1. The van der Waals surface area contributed by atoms with E-state index in [1.807, 2.05) is 13.0 Å². The van der Waals surface area contributed by atoms with E-state index in [2.05, 4.69) is 13.8 Å². The third-order valence-electron chi connectivity index (χ3n) is 4.78. The Hall–Kier alpha value is -1.35. The van der Waals surface area contributed by atoms with Crippen LogP contribution in [-0.4, -0.2) is 5.11 Å². The monoisotopic (exact) mass is 276 g/mol. The van der Waals surface area contributed by atoms with E-state index in [9.17, 15) is 9.50 Å². The first-order chi connectivity index (χ1) is 9.32. The fraction of sp³-hybridized carbons (Fsp3) is 0.529. The van der Waals surface area contributed by atoms with Gasteiger partial charge in [0, 0.05) is 5.39 Å². The lowest BCUT2D eigenvalue weighted by atomic mass is 9.65. The minimum atomic E-state index is -0.985. The molecule has 1 aliphatic carbocycles. The Balaban J connectivity index is 2.04.